The van der Waals surface area contributed by atoms with Gasteiger partial charge in [0.1, 0.15) is 11.6 Å². The molecule has 1 unspecified atom stereocenters. The molecule has 1 atom stereocenters. The summed E-state index contributed by atoms with van der Waals surface area (Å²) < 4.78 is 53.7. The van der Waals surface area contributed by atoms with Crippen LogP contribution >= 0.6 is 0 Å². The lowest BCUT2D eigenvalue weighted by Crippen LogP contribution is -2.40. The Morgan fingerprint density at radius 3 is 2.70 bits per heavy atom. The number of carbonyl (C=O) groups is 1. The maximum atomic E-state index is 12.8. The molecule has 0 aliphatic rings. The summed E-state index contributed by atoms with van der Waals surface area (Å²) >= 11 is 0. The van der Waals surface area contributed by atoms with Crippen molar-refractivity contribution in [2.24, 2.45) is 0 Å². The molecule has 1 rings (SSSR count). The fourth-order valence-corrected chi connectivity index (χ4v) is 1.23. The van der Waals surface area contributed by atoms with Crippen LogP contribution in [-0.4, -0.2) is 36.4 Å². The number of ether oxygens (including phenoxy) is 1. The van der Waals surface area contributed by atoms with Crippen molar-refractivity contribution in [3.63, 3.8) is 0 Å². The topological polar surface area (TPSA) is 58.6 Å². The summed E-state index contributed by atoms with van der Waals surface area (Å²) in [5.74, 6) is -0.988. The van der Waals surface area contributed by atoms with Crippen LogP contribution in [0, 0.1) is 5.82 Å². The number of carbonyl (C=O) groups excluding carboxylic acids is 1. The predicted molar refractivity (Wildman–Crippen MR) is 61.6 cm³/mol. The van der Waals surface area contributed by atoms with Gasteiger partial charge in [0.15, 0.2) is 6.10 Å². The van der Waals surface area contributed by atoms with Gasteiger partial charge in [-0.15, -0.1) is 0 Å². The number of aliphatic hydroxyl groups excluding tert-OH is 1. The van der Waals surface area contributed by atoms with Crippen molar-refractivity contribution in [2.75, 3.05) is 13.2 Å². The Morgan fingerprint density at radius 2 is 2.10 bits per heavy atom. The van der Waals surface area contributed by atoms with E-state index in [-0.39, 0.29) is 18.8 Å². The van der Waals surface area contributed by atoms with Crippen LogP contribution < -0.4 is 10.1 Å². The Balaban J connectivity index is 2.24. The predicted octanol–water partition coefficient (Wildman–Crippen LogP) is 1.63. The number of nitrogens with one attached hydrogen (secondary N) is 1. The molecule has 0 heterocycles. The van der Waals surface area contributed by atoms with Crippen LogP contribution in [0.4, 0.5) is 17.6 Å². The highest BCUT2D eigenvalue weighted by Crippen LogP contribution is 2.19. The van der Waals surface area contributed by atoms with E-state index in [0.29, 0.717) is 0 Å². The van der Waals surface area contributed by atoms with Crippen LogP contribution in [0.3, 0.4) is 0 Å². The quantitative estimate of drug-likeness (QED) is 0.784. The summed E-state index contributed by atoms with van der Waals surface area (Å²) in [6, 6.07) is 5.24. The second kappa shape index (κ2) is 7.09. The molecule has 0 fully saturated rings. The molecule has 0 aliphatic heterocycles. The maximum absolute atomic E-state index is 12.8. The van der Waals surface area contributed by atoms with E-state index in [1.54, 1.807) is 0 Å². The SMILES string of the molecule is O=C(CCOc1cccc(F)c1)NCC(O)C(F)(F)F. The smallest absolute Gasteiger partial charge is 0.416 e. The van der Waals surface area contributed by atoms with Gasteiger partial charge >= 0.3 is 6.18 Å². The molecule has 1 aromatic rings. The molecule has 0 aliphatic carbocycles. The zero-order valence-corrected chi connectivity index (χ0v) is 10.3. The molecule has 0 bridgehead atoms. The molecule has 8 heteroatoms. The Bertz CT molecular complexity index is 451. The Morgan fingerprint density at radius 1 is 1.40 bits per heavy atom. The number of alkyl halides is 3. The van der Waals surface area contributed by atoms with Crippen molar-refractivity contribution in [1.82, 2.24) is 5.32 Å². The second-order valence-electron chi connectivity index (χ2n) is 3.92. The molecule has 20 heavy (non-hydrogen) atoms. The lowest BCUT2D eigenvalue weighted by Gasteiger charge is -2.15. The fraction of sp³-hybridized carbons (Fsp3) is 0.417. The third-order valence-electron chi connectivity index (χ3n) is 2.26. The standard InChI is InChI=1S/C12H13F4NO3/c13-8-2-1-3-9(6-8)20-5-4-11(19)17-7-10(18)12(14,15)16/h1-3,6,10,18H,4-5,7H2,(H,17,19). The number of benzene rings is 1. The van der Waals surface area contributed by atoms with Gasteiger partial charge in [-0.05, 0) is 12.1 Å². The molecule has 2 N–H and O–H groups in total. The highest BCUT2D eigenvalue weighted by Gasteiger charge is 2.38. The molecular weight excluding hydrogens is 282 g/mol. The third kappa shape index (κ3) is 5.87. The Hall–Kier alpha value is -1.83. The average Bonchev–Trinajstić information content (AvgIpc) is 2.35. The maximum Gasteiger partial charge on any atom is 0.416 e. The zero-order chi connectivity index (χ0) is 15.2. The first kappa shape index (κ1) is 16.2. The molecule has 1 amide bonds. The van der Waals surface area contributed by atoms with Crippen molar-refractivity contribution in [1.29, 1.82) is 0 Å². The molecule has 0 radical (unpaired) electrons. The molecule has 0 spiro atoms. The van der Waals surface area contributed by atoms with Crippen LogP contribution in [-0.2, 0) is 4.79 Å². The van der Waals surface area contributed by atoms with Gasteiger partial charge in [0.05, 0.1) is 19.6 Å². The van der Waals surface area contributed by atoms with Gasteiger partial charge in [0.2, 0.25) is 5.91 Å². The highest BCUT2D eigenvalue weighted by atomic mass is 19.4. The Kier molecular flexibility index (Phi) is 5.75. The van der Waals surface area contributed by atoms with Gasteiger partial charge < -0.3 is 15.2 Å². The number of aliphatic hydroxyl groups is 1. The van der Waals surface area contributed by atoms with Gasteiger partial charge in [0, 0.05) is 6.07 Å². The zero-order valence-electron chi connectivity index (χ0n) is 10.3. The van der Waals surface area contributed by atoms with Gasteiger partial charge in [-0.25, -0.2) is 4.39 Å². The summed E-state index contributed by atoms with van der Waals surface area (Å²) in [5.41, 5.74) is 0. The normalized spacial score (nSPS) is 12.8. The summed E-state index contributed by atoms with van der Waals surface area (Å²) in [4.78, 5) is 11.2. The van der Waals surface area contributed by atoms with Crippen LogP contribution in [0.25, 0.3) is 0 Å². The number of amides is 1. The average molecular weight is 295 g/mol. The van der Waals surface area contributed by atoms with E-state index in [1.165, 1.54) is 18.2 Å². The minimum atomic E-state index is -4.77. The summed E-state index contributed by atoms with van der Waals surface area (Å²) in [6.07, 6.45) is -7.58. The highest BCUT2D eigenvalue weighted by molar-refractivity contribution is 5.76. The summed E-state index contributed by atoms with van der Waals surface area (Å²) in [5, 5.41) is 10.6. The van der Waals surface area contributed by atoms with Gasteiger partial charge in [-0.2, -0.15) is 13.2 Å². The van der Waals surface area contributed by atoms with E-state index < -0.39 is 30.5 Å². The first-order valence-corrected chi connectivity index (χ1v) is 5.69. The van der Waals surface area contributed by atoms with Crippen molar-refractivity contribution in [3.05, 3.63) is 30.1 Å². The van der Waals surface area contributed by atoms with Gasteiger partial charge in [-0.3, -0.25) is 4.79 Å². The molecule has 0 aromatic heterocycles. The first-order valence-electron chi connectivity index (χ1n) is 5.69. The molecule has 0 saturated carbocycles. The van der Waals surface area contributed by atoms with Crippen molar-refractivity contribution in [2.45, 2.75) is 18.7 Å². The molecule has 112 valence electrons. The molecule has 1 aromatic carbocycles. The van der Waals surface area contributed by atoms with Gasteiger partial charge in [0.25, 0.3) is 0 Å². The lowest BCUT2D eigenvalue weighted by atomic mass is 10.3. The fourth-order valence-electron chi connectivity index (χ4n) is 1.23. The summed E-state index contributed by atoms with van der Waals surface area (Å²) in [7, 11) is 0. The van der Waals surface area contributed by atoms with Gasteiger partial charge in [-0.1, -0.05) is 6.07 Å². The van der Waals surface area contributed by atoms with Crippen molar-refractivity contribution >= 4 is 5.91 Å². The van der Waals surface area contributed by atoms with E-state index in [9.17, 15) is 22.4 Å². The lowest BCUT2D eigenvalue weighted by molar-refractivity contribution is -0.201. The molecular formula is C12H13F4NO3. The number of hydrogen-bond donors (Lipinski definition) is 2. The summed E-state index contributed by atoms with van der Waals surface area (Å²) in [6.45, 7) is -1.03. The first-order chi connectivity index (χ1) is 9.29. The Labute approximate surface area is 112 Å². The van der Waals surface area contributed by atoms with Crippen molar-refractivity contribution in [3.8, 4) is 5.75 Å². The number of hydrogen-bond acceptors (Lipinski definition) is 3. The van der Waals surface area contributed by atoms with Crippen LogP contribution in [0.1, 0.15) is 6.42 Å². The largest absolute Gasteiger partial charge is 0.493 e. The van der Waals surface area contributed by atoms with Crippen LogP contribution in [0.15, 0.2) is 24.3 Å². The minimum absolute atomic E-state index is 0.114. The minimum Gasteiger partial charge on any atom is -0.493 e. The van der Waals surface area contributed by atoms with E-state index in [2.05, 4.69) is 0 Å². The molecule has 0 saturated heterocycles. The van der Waals surface area contributed by atoms with E-state index in [1.807, 2.05) is 5.32 Å². The molecule has 4 nitrogen and oxygen atoms in total. The van der Waals surface area contributed by atoms with Crippen LogP contribution in [0.2, 0.25) is 0 Å². The van der Waals surface area contributed by atoms with E-state index in [4.69, 9.17) is 9.84 Å². The van der Waals surface area contributed by atoms with E-state index in [0.717, 1.165) is 6.07 Å². The number of rotatable bonds is 6. The van der Waals surface area contributed by atoms with E-state index >= 15 is 0 Å². The second-order valence-corrected chi connectivity index (χ2v) is 3.92. The van der Waals surface area contributed by atoms with Crippen molar-refractivity contribution < 1.29 is 32.2 Å². The number of halogens is 4. The monoisotopic (exact) mass is 295 g/mol. The third-order valence-corrected chi connectivity index (χ3v) is 2.26. The van der Waals surface area contributed by atoms with Crippen LogP contribution in [0.5, 0.6) is 5.75 Å².